The Morgan fingerprint density at radius 2 is 2.11 bits per heavy atom. The van der Waals surface area contributed by atoms with Crippen LogP contribution in [0.3, 0.4) is 0 Å². The average molecular weight is 246 g/mol. The number of nitrogens with zero attached hydrogens (tertiary/aromatic N) is 1. The van der Waals surface area contributed by atoms with Gasteiger partial charge in [0, 0.05) is 25.0 Å². The molecule has 18 heavy (non-hydrogen) atoms. The fraction of sp³-hybridized carbons (Fsp3) is 0.533. The van der Waals surface area contributed by atoms with Gasteiger partial charge in [0.1, 0.15) is 0 Å². The highest BCUT2D eigenvalue weighted by atomic mass is 16.2. The van der Waals surface area contributed by atoms with E-state index < -0.39 is 0 Å². The number of likely N-dealkylation sites (tertiary alicyclic amines) is 1. The zero-order valence-corrected chi connectivity index (χ0v) is 11.2. The summed E-state index contributed by atoms with van der Waals surface area (Å²) in [5.41, 5.74) is 1.34. The van der Waals surface area contributed by atoms with Crippen LogP contribution in [0.4, 0.5) is 4.79 Å². The first-order valence-corrected chi connectivity index (χ1v) is 6.83. The molecule has 0 radical (unpaired) electrons. The zero-order chi connectivity index (χ0) is 13.0. The molecule has 1 heterocycles. The van der Waals surface area contributed by atoms with Gasteiger partial charge in [-0.3, -0.25) is 0 Å². The lowest BCUT2D eigenvalue weighted by Crippen LogP contribution is -2.42. The Kier molecular flexibility index (Phi) is 4.24. The SMILES string of the molecule is CCCNC(=O)N1CCC(c2ccccc2)C1C. The van der Waals surface area contributed by atoms with E-state index in [2.05, 4.69) is 43.4 Å². The smallest absolute Gasteiger partial charge is 0.317 e. The van der Waals surface area contributed by atoms with Crippen molar-refractivity contribution in [3.05, 3.63) is 35.9 Å². The summed E-state index contributed by atoms with van der Waals surface area (Å²) in [6, 6.07) is 10.9. The van der Waals surface area contributed by atoms with E-state index in [1.54, 1.807) is 0 Å². The molecule has 1 aromatic carbocycles. The van der Waals surface area contributed by atoms with E-state index in [4.69, 9.17) is 0 Å². The number of rotatable bonds is 3. The van der Waals surface area contributed by atoms with E-state index in [1.165, 1.54) is 5.56 Å². The summed E-state index contributed by atoms with van der Waals surface area (Å²) in [6.45, 7) is 5.84. The summed E-state index contributed by atoms with van der Waals surface area (Å²) in [7, 11) is 0. The molecule has 98 valence electrons. The van der Waals surface area contributed by atoms with Gasteiger partial charge in [0.05, 0.1) is 0 Å². The number of benzene rings is 1. The van der Waals surface area contributed by atoms with E-state index >= 15 is 0 Å². The van der Waals surface area contributed by atoms with Crippen LogP contribution in [0.15, 0.2) is 30.3 Å². The molecule has 2 unspecified atom stereocenters. The van der Waals surface area contributed by atoms with E-state index in [1.807, 2.05) is 11.0 Å². The second-order valence-corrected chi connectivity index (χ2v) is 4.97. The fourth-order valence-corrected chi connectivity index (χ4v) is 2.71. The monoisotopic (exact) mass is 246 g/mol. The van der Waals surface area contributed by atoms with Crippen LogP contribution in [0, 0.1) is 0 Å². The third kappa shape index (κ3) is 2.66. The molecule has 0 aromatic heterocycles. The minimum absolute atomic E-state index is 0.0859. The van der Waals surface area contributed by atoms with Crippen molar-refractivity contribution >= 4 is 6.03 Å². The molecule has 1 saturated heterocycles. The van der Waals surface area contributed by atoms with Crippen molar-refractivity contribution in [2.75, 3.05) is 13.1 Å². The predicted octanol–water partition coefficient (Wildman–Crippen LogP) is 2.98. The molecule has 2 rings (SSSR count). The van der Waals surface area contributed by atoms with Crippen molar-refractivity contribution in [1.82, 2.24) is 10.2 Å². The molecule has 1 aliphatic heterocycles. The van der Waals surface area contributed by atoms with E-state index in [-0.39, 0.29) is 12.1 Å². The van der Waals surface area contributed by atoms with Gasteiger partial charge in [-0.2, -0.15) is 0 Å². The summed E-state index contributed by atoms with van der Waals surface area (Å²) in [5.74, 6) is 0.471. The highest BCUT2D eigenvalue weighted by molar-refractivity contribution is 5.75. The lowest BCUT2D eigenvalue weighted by Gasteiger charge is -2.25. The zero-order valence-electron chi connectivity index (χ0n) is 11.2. The minimum Gasteiger partial charge on any atom is -0.338 e. The molecule has 3 nitrogen and oxygen atoms in total. The van der Waals surface area contributed by atoms with Gasteiger partial charge >= 0.3 is 6.03 Å². The van der Waals surface area contributed by atoms with Gasteiger partial charge in [-0.05, 0) is 25.3 Å². The van der Waals surface area contributed by atoms with Gasteiger partial charge in [-0.25, -0.2) is 4.79 Å². The molecular formula is C15H22N2O. The van der Waals surface area contributed by atoms with Crippen LogP contribution in [-0.2, 0) is 0 Å². The molecule has 3 heteroatoms. The summed E-state index contributed by atoms with van der Waals surface area (Å²) >= 11 is 0. The highest BCUT2D eigenvalue weighted by Gasteiger charge is 2.34. The first-order valence-electron chi connectivity index (χ1n) is 6.83. The number of hydrogen-bond acceptors (Lipinski definition) is 1. The maximum absolute atomic E-state index is 12.0. The molecule has 0 aliphatic carbocycles. The average Bonchev–Trinajstić information content (AvgIpc) is 2.79. The Labute approximate surface area is 109 Å². The van der Waals surface area contributed by atoms with Crippen LogP contribution >= 0.6 is 0 Å². The molecule has 1 fully saturated rings. The Morgan fingerprint density at radius 3 is 2.78 bits per heavy atom. The topological polar surface area (TPSA) is 32.3 Å². The van der Waals surface area contributed by atoms with Crippen molar-refractivity contribution in [3.8, 4) is 0 Å². The maximum atomic E-state index is 12.0. The van der Waals surface area contributed by atoms with Gasteiger partial charge in [0.25, 0.3) is 0 Å². The van der Waals surface area contributed by atoms with Crippen molar-refractivity contribution in [2.45, 2.75) is 38.6 Å². The van der Waals surface area contributed by atoms with Gasteiger partial charge in [0.15, 0.2) is 0 Å². The van der Waals surface area contributed by atoms with E-state index in [9.17, 15) is 4.79 Å². The highest BCUT2D eigenvalue weighted by Crippen LogP contribution is 2.32. The molecule has 0 spiro atoms. The van der Waals surface area contributed by atoms with E-state index in [0.29, 0.717) is 5.92 Å². The van der Waals surface area contributed by atoms with Crippen molar-refractivity contribution < 1.29 is 4.79 Å². The van der Waals surface area contributed by atoms with Crippen molar-refractivity contribution in [3.63, 3.8) is 0 Å². The second kappa shape index (κ2) is 5.89. The number of carbonyl (C=O) groups is 1. The summed E-state index contributed by atoms with van der Waals surface area (Å²) in [4.78, 5) is 14.0. The Balaban J connectivity index is 2.01. The number of nitrogens with one attached hydrogen (secondary N) is 1. The van der Waals surface area contributed by atoms with Gasteiger partial charge < -0.3 is 10.2 Å². The fourth-order valence-electron chi connectivity index (χ4n) is 2.71. The molecule has 2 atom stereocenters. The van der Waals surface area contributed by atoms with Gasteiger partial charge in [0.2, 0.25) is 0 Å². The van der Waals surface area contributed by atoms with E-state index in [0.717, 1.165) is 25.9 Å². The van der Waals surface area contributed by atoms with Crippen LogP contribution in [0.2, 0.25) is 0 Å². The summed E-state index contributed by atoms with van der Waals surface area (Å²) < 4.78 is 0. The quantitative estimate of drug-likeness (QED) is 0.873. The second-order valence-electron chi connectivity index (χ2n) is 4.97. The lowest BCUT2D eigenvalue weighted by atomic mass is 9.93. The Bertz CT molecular complexity index is 391. The first-order chi connectivity index (χ1) is 8.74. The van der Waals surface area contributed by atoms with Crippen LogP contribution in [0.25, 0.3) is 0 Å². The summed E-state index contributed by atoms with van der Waals surface area (Å²) in [6.07, 6.45) is 2.04. The number of hydrogen-bond donors (Lipinski definition) is 1. The molecule has 1 aliphatic rings. The summed E-state index contributed by atoms with van der Waals surface area (Å²) in [5, 5.41) is 2.96. The minimum atomic E-state index is 0.0859. The number of carbonyl (C=O) groups excluding carboxylic acids is 1. The normalized spacial score (nSPS) is 23.1. The van der Waals surface area contributed by atoms with Gasteiger partial charge in [-0.15, -0.1) is 0 Å². The third-order valence-electron chi connectivity index (χ3n) is 3.77. The lowest BCUT2D eigenvalue weighted by molar-refractivity contribution is 0.194. The maximum Gasteiger partial charge on any atom is 0.317 e. The van der Waals surface area contributed by atoms with Crippen LogP contribution < -0.4 is 5.32 Å². The van der Waals surface area contributed by atoms with Gasteiger partial charge in [-0.1, -0.05) is 37.3 Å². The van der Waals surface area contributed by atoms with Crippen molar-refractivity contribution in [1.29, 1.82) is 0 Å². The number of amides is 2. The van der Waals surface area contributed by atoms with Crippen molar-refractivity contribution in [2.24, 2.45) is 0 Å². The van der Waals surface area contributed by atoms with Crippen LogP contribution in [0.5, 0.6) is 0 Å². The largest absolute Gasteiger partial charge is 0.338 e. The molecule has 2 amide bonds. The molecule has 0 saturated carbocycles. The molecule has 1 aromatic rings. The third-order valence-corrected chi connectivity index (χ3v) is 3.77. The predicted molar refractivity (Wildman–Crippen MR) is 73.7 cm³/mol. The molecule has 1 N–H and O–H groups in total. The molecular weight excluding hydrogens is 224 g/mol. The van der Waals surface area contributed by atoms with Crippen LogP contribution in [-0.4, -0.2) is 30.1 Å². The van der Waals surface area contributed by atoms with Crippen LogP contribution in [0.1, 0.15) is 38.2 Å². The number of urea groups is 1. The molecule has 0 bridgehead atoms. The standard InChI is InChI=1S/C15H22N2O/c1-3-10-16-15(18)17-11-9-14(12(17)2)13-7-5-4-6-8-13/h4-8,12,14H,3,9-11H2,1-2H3,(H,16,18). The Morgan fingerprint density at radius 1 is 1.39 bits per heavy atom. The Hall–Kier alpha value is -1.51. The first kappa shape index (κ1) is 12.9.